The average molecular weight is 313 g/mol. The van der Waals surface area contributed by atoms with Gasteiger partial charge < -0.3 is 19.5 Å². The van der Waals surface area contributed by atoms with Gasteiger partial charge in [0.05, 0.1) is 12.5 Å². The molecule has 2 heterocycles. The fourth-order valence-corrected chi connectivity index (χ4v) is 5.77. The Morgan fingerprint density at radius 1 is 1.35 bits per heavy atom. The molecule has 5 atom stereocenters. The minimum atomic E-state index is -0.613. The third-order valence-corrected chi connectivity index (χ3v) is 6.98. The quantitative estimate of drug-likeness (QED) is 0.804. The molecule has 0 unspecified atom stereocenters. The van der Waals surface area contributed by atoms with Gasteiger partial charge in [-0.1, -0.05) is 18.2 Å². The molecule has 4 nitrogen and oxygen atoms in total. The first-order valence-corrected chi connectivity index (χ1v) is 8.49. The van der Waals surface area contributed by atoms with E-state index in [2.05, 4.69) is 31.0 Å². The molecule has 2 aliphatic carbocycles. The first-order valence-electron chi connectivity index (χ1n) is 8.49. The minimum Gasteiger partial charge on any atom is -0.493 e. The van der Waals surface area contributed by atoms with Crippen molar-refractivity contribution in [1.82, 2.24) is 4.90 Å². The van der Waals surface area contributed by atoms with E-state index in [0.717, 1.165) is 30.9 Å². The van der Waals surface area contributed by atoms with Crippen LogP contribution in [0.25, 0.3) is 0 Å². The van der Waals surface area contributed by atoms with Crippen LogP contribution in [0.3, 0.4) is 0 Å². The summed E-state index contributed by atoms with van der Waals surface area (Å²) < 4.78 is 12.1. The Balaban J connectivity index is 1.87. The number of aliphatic hydroxyl groups is 1. The van der Waals surface area contributed by atoms with E-state index in [9.17, 15) is 5.11 Å². The third-order valence-electron chi connectivity index (χ3n) is 6.98. The van der Waals surface area contributed by atoms with E-state index in [-0.39, 0.29) is 5.41 Å². The van der Waals surface area contributed by atoms with E-state index in [4.69, 9.17) is 9.47 Å². The van der Waals surface area contributed by atoms with Gasteiger partial charge in [-0.05, 0) is 45.0 Å². The van der Waals surface area contributed by atoms with Gasteiger partial charge in [-0.15, -0.1) is 0 Å². The second-order valence-corrected chi connectivity index (χ2v) is 7.67. The van der Waals surface area contributed by atoms with E-state index >= 15 is 0 Å². The van der Waals surface area contributed by atoms with Crippen molar-refractivity contribution in [2.45, 2.75) is 42.9 Å². The second-order valence-electron chi connectivity index (χ2n) is 7.67. The topological polar surface area (TPSA) is 41.9 Å². The summed E-state index contributed by atoms with van der Waals surface area (Å²) in [5.74, 6) is 2.04. The SMILES string of the molecule is COc1ccc2c3c1O[C@]1(C)[C@H](O)C=C[C@H]4[C@@H](C2)N(C)CC[C@]341. The number of hydrogen-bond donors (Lipinski definition) is 1. The fourth-order valence-electron chi connectivity index (χ4n) is 5.77. The largest absolute Gasteiger partial charge is 0.493 e. The van der Waals surface area contributed by atoms with Crippen LogP contribution in [0.5, 0.6) is 11.5 Å². The van der Waals surface area contributed by atoms with Crippen molar-refractivity contribution in [2.24, 2.45) is 5.92 Å². The Morgan fingerprint density at radius 3 is 2.96 bits per heavy atom. The summed E-state index contributed by atoms with van der Waals surface area (Å²) in [6.45, 7) is 3.13. The molecule has 0 amide bonds. The number of ether oxygens (including phenoxy) is 2. The number of nitrogens with zero attached hydrogens (tertiary/aromatic N) is 1. The first-order chi connectivity index (χ1) is 11.0. The maximum atomic E-state index is 10.8. The molecule has 2 aliphatic heterocycles. The summed E-state index contributed by atoms with van der Waals surface area (Å²) in [5, 5.41) is 10.8. The number of rotatable bonds is 1. The van der Waals surface area contributed by atoms with Crippen molar-refractivity contribution >= 4 is 0 Å². The highest BCUT2D eigenvalue weighted by Crippen LogP contribution is 2.66. The molecule has 1 aromatic carbocycles. The monoisotopic (exact) mass is 313 g/mol. The lowest BCUT2D eigenvalue weighted by Crippen LogP contribution is -2.70. The lowest BCUT2D eigenvalue weighted by Gasteiger charge is -2.60. The Hall–Kier alpha value is -1.52. The fraction of sp³-hybridized carbons (Fsp3) is 0.579. The van der Waals surface area contributed by atoms with Gasteiger partial charge in [0.15, 0.2) is 11.5 Å². The van der Waals surface area contributed by atoms with Gasteiger partial charge in [-0.25, -0.2) is 0 Å². The normalized spacial score (nSPS) is 43.0. The molecule has 4 heteroatoms. The van der Waals surface area contributed by atoms with Gasteiger partial charge in [0.2, 0.25) is 0 Å². The number of methoxy groups -OCH3 is 1. The summed E-state index contributed by atoms with van der Waals surface area (Å²) in [7, 11) is 3.91. The van der Waals surface area contributed by atoms with Crippen molar-refractivity contribution in [3.63, 3.8) is 0 Å². The summed E-state index contributed by atoms with van der Waals surface area (Å²) in [6, 6.07) is 4.69. The number of piperidine rings is 1. The molecule has 1 spiro atoms. The lowest BCUT2D eigenvalue weighted by atomic mass is 9.49. The molecular weight excluding hydrogens is 290 g/mol. The highest BCUT2D eigenvalue weighted by atomic mass is 16.5. The zero-order chi connectivity index (χ0) is 16.0. The molecule has 23 heavy (non-hydrogen) atoms. The first kappa shape index (κ1) is 13.9. The highest BCUT2D eigenvalue weighted by Gasteiger charge is 2.70. The van der Waals surface area contributed by atoms with Crippen LogP contribution >= 0.6 is 0 Å². The van der Waals surface area contributed by atoms with Gasteiger partial charge >= 0.3 is 0 Å². The summed E-state index contributed by atoms with van der Waals surface area (Å²) in [4.78, 5) is 2.48. The molecule has 0 saturated carbocycles. The Bertz CT molecular complexity index is 730. The molecule has 1 fully saturated rings. The maximum absolute atomic E-state index is 10.8. The van der Waals surface area contributed by atoms with E-state index in [0.29, 0.717) is 12.0 Å². The van der Waals surface area contributed by atoms with Gasteiger partial charge in [0.25, 0.3) is 0 Å². The van der Waals surface area contributed by atoms with Crippen LogP contribution in [0.1, 0.15) is 24.5 Å². The number of hydrogen-bond acceptors (Lipinski definition) is 4. The Labute approximate surface area is 136 Å². The van der Waals surface area contributed by atoms with Crippen LogP contribution in [0, 0.1) is 5.92 Å². The summed E-state index contributed by atoms with van der Waals surface area (Å²) in [6.07, 6.45) is 5.64. The number of benzene rings is 1. The molecule has 0 aromatic heterocycles. The van der Waals surface area contributed by atoms with Gasteiger partial charge in [-0.2, -0.15) is 0 Å². The van der Waals surface area contributed by atoms with Crippen LogP contribution in [0.4, 0.5) is 0 Å². The van der Waals surface area contributed by atoms with E-state index in [1.807, 2.05) is 12.1 Å². The molecular formula is C19H23NO3. The van der Waals surface area contributed by atoms with Crippen molar-refractivity contribution in [3.05, 3.63) is 35.4 Å². The molecule has 1 saturated heterocycles. The molecule has 2 bridgehead atoms. The van der Waals surface area contributed by atoms with Crippen LogP contribution in [-0.2, 0) is 11.8 Å². The maximum Gasteiger partial charge on any atom is 0.166 e. The number of likely N-dealkylation sites (tertiary alicyclic amines) is 1. The van der Waals surface area contributed by atoms with E-state index < -0.39 is 11.7 Å². The highest BCUT2D eigenvalue weighted by molar-refractivity contribution is 5.63. The molecule has 1 aromatic rings. The van der Waals surface area contributed by atoms with Crippen LogP contribution in [0.15, 0.2) is 24.3 Å². The van der Waals surface area contributed by atoms with Crippen LogP contribution in [0.2, 0.25) is 0 Å². The number of likely N-dealkylation sites (N-methyl/N-ethyl adjacent to an activating group) is 1. The number of aliphatic hydroxyl groups excluding tert-OH is 1. The zero-order valence-electron chi connectivity index (χ0n) is 13.9. The van der Waals surface area contributed by atoms with Gasteiger partial charge in [-0.3, -0.25) is 0 Å². The van der Waals surface area contributed by atoms with Gasteiger partial charge in [0.1, 0.15) is 11.7 Å². The van der Waals surface area contributed by atoms with Gasteiger partial charge in [0, 0.05) is 17.5 Å². The third kappa shape index (κ3) is 1.33. The Morgan fingerprint density at radius 2 is 2.17 bits per heavy atom. The van der Waals surface area contributed by atoms with Crippen LogP contribution < -0.4 is 9.47 Å². The van der Waals surface area contributed by atoms with Crippen molar-refractivity contribution in [1.29, 1.82) is 0 Å². The zero-order valence-corrected chi connectivity index (χ0v) is 13.9. The van der Waals surface area contributed by atoms with Crippen molar-refractivity contribution in [2.75, 3.05) is 20.7 Å². The molecule has 0 radical (unpaired) electrons. The molecule has 5 rings (SSSR count). The standard InChI is InChI=1S/C19H23NO3/c1-18-15(21)7-5-12-13-10-11-4-6-14(22-3)17(23-18)16(11)19(12,18)8-9-20(13)2/h4-7,12-13,15,21H,8-10H2,1-3H3/t12-,13+,15+,18+,19+/m0/s1. The van der Waals surface area contributed by atoms with Crippen molar-refractivity contribution < 1.29 is 14.6 Å². The van der Waals surface area contributed by atoms with E-state index in [1.54, 1.807) is 7.11 Å². The molecule has 1 N–H and O–H groups in total. The van der Waals surface area contributed by atoms with Crippen LogP contribution in [-0.4, -0.2) is 48.5 Å². The second kappa shape index (κ2) is 4.11. The summed E-state index contributed by atoms with van der Waals surface area (Å²) >= 11 is 0. The van der Waals surface area contributed by atoms with E-state index in [1.165, 1.54) is 11.1 Å². The average Bonchev–Trinajstić information content (AvgIpc) is 2.82. The predicted molar refractivity (Wildman–Crippen MR) is 87.1 cm³/mol. The molecule has 4 aliphatic rings. The molecule has 122 valence electrons. The Kier molecular flexibility index (Phi) is 2.48. The summed E-state index contributed by atoms with van der Waals surface area (Å²) in [5.41, 5.74) is 1.91. The smallest absolute Gasteiger partial charge is 0.166 e. The lowest BCUT2D eigenvalue weighted by molar-refractivity contribution is -0.110. The minimum absolute atomic E-state index is 0.143. The predicted octanol–water partition coefficient (Wildman–Crippen LogP) is 1.89. The van der Waals surface area contributed by atoms with Crippen molar-refractivity contribution in [3.8, 4) is 11.5 Å².